The van der Waals surface area contributed by atoms with Crippen molar-refractivity contribution in [2.45, 2.75) is 0 Å². The molecule has 2 aromatic carbocycles. The molecule has 4 rings (SSSR count). The van der Waals surface area contributed by atoms with Crippen molar-refractivity contribution in [2.75, 3.05) is 42.0 Å². The summed E-state index contributed by atoms with van der Waals surface area (Å²) < 4.78 is 42.9. The summed E-state index contributed by atoms with van der Waals surface area (Å²) in [5.74, 6) is 0.103. The van der Waals surface area contributed by atoms with Crippen LogP contribution in [0, 0.1) is 0 Å². The Labute approximate surface area is 171 Å². The van der Waals surface area contributed by atoms with Gasteiger partial charge in [-0.3, -0.25) is 0 Å². The van der Waals surface area contributed by atoms with Crippen LogP contribution in [0.2, 0.25) is 0 Å². The average molecular weight is 418 g/mol. The quantitative estimate of drug-likeness (QED) is 0.672. The van der Waals surface area contributed by atoms with Crippen molar-refractivity contribution in [2.24, 2.45) is 0 Å². The third-order valence-electron chi connectivity index (χ3n) is 4.71. The molecule has 2 heterocycles. The van der Waals surface area contributed by atoms with Crippen LogP contribution in [0.5, 0.6) is 34.5 Å². The van der Waals surface area contributed by atoms with Crippen LogP contribution in [0.3, 0.4) is 0 Å². The van der Waals surface area contributed by atoms with E-state index in [1.807, 2.05) is 0 Å². The van der Waals surface area contributed by atoms with E-state index in [1.165, 1.54) is 40.6 Å². The molecule has 0 amide bonds. The molecular weight excluding hydrogens is 400 g/mol. The predicted molar refractivity (Wildman–Crippen MR) is 99.9 cm³/mol. The van der Waals surface area contributed by atoms with Gasteiger partial charge in [0.2, 0.25) is 25.1 Å². The maximum absolute atomic E-state index is 12.7. The summed E-state index contributed by atoms with van der Waals surface area (Å²) >= 11 is 0. The van der Waals surface area contributed by atoms with Crippen LogP contribution in [-0.2, 0) is 9.47 Å². The molecule has 10 nitrogen and oxygen atoms in total. The van der Waals surface area contributed by atoms with Crippen molar-refractivity contribution < 1.29 is 47.5 Å². The Balaban J connectivity index is 2.15. The maximum Gasteiger partial charge on any atom is 0.338 e. The van der Waals surface area contributed by atoms with Crippen LogP contribution in [0.25, 0.3) is 11.1 Å². The van der Waals surface area contributed by atoms with Gasteiger partial charge in [-0.05, 0) is 12.1 Å². The minimum absolute atomic E-state index is 0.0576. The molecule has 158 valence electrons. The molecule has 0 N–H and O–H groups in total. The van der Waals surface area contributed by atoms with Crippen molar-refractivity contribution in [3.05, 3.63) is 23.3 Å². The van der Waals surface area contributed by atoms with Gasteiger partial charge in [0.15, 0.2) is 23.0 Å². The minimum Gasteiger partial charge on any atom is -0.492 e. The monoisotopic (exact) mass is 418 g/mol. The number of carbonyl (C=O) groups excluding carboxylic acids is 2. The second-order valence-corrected chi connectivity index (χ2v) is 6.12. The van der Waals surface area contributed by atoms with E-state index in [-0.39, 0.29) is 58.8 Å². The fourth-order valence-electron chi connectivity index (χ4n) is 3.45. The van der Waals surface area contributed by atoms with E-state index in [0.717, 1.165) is 0 Å². The van der Waals surface area contributed by atoms with Crippen molar-refractivity contribution in [3.8, 4) is 45.6 Å². The number of hydrogen-bond acceptors (Lipinski definition) is 10. The first-order chi connectivity index (χ1) is 14.5. The second-order valence-electron chi connectivity index (χ2n) is 6.12. The first-order valence-electron chi connectivity index (χ1n) is 8.73. The van der Waals surface area contributed by atoms with Crippen LogP contribution in [0.1, 0.15) is 20.7 Å². The zero-order valence-corrected chi connectivity index (χ0v) is 16.7. The molecule has 0 aromatic heterocycles. The van der Waals surface area contributed by atoms with Crippen molar-refractivity contribution in [3.63, 3.8) is 0 Å². The topological polar surface area (TPSA) is 108 Å². The third kappa shape index (κ3) is 2.79. The number of ether oxygens (including phenoxy) is 8. The number of esters is 2. The lowest BCUT2D eigenvalue weighted by Gasteiger charge is -2.20. The van der Waals surface area contributed by atoms with Gasteiger partial charge in [-0.25, -0.2) is 9.59 Å². The van der Waals surface area contributed by atoms with E-state index in [1.54, 1.807) is 0 Å². The van der Waals surface area contributed by atoms with E-state index in [9.17, 15) is 9.59 Å². The average Bonchev–Trinajstić information content (AvgIpc) is 3.44. The number of rotatable bonds is 5. The smallest absolute Gasteiger partial charge is 0.338 e. The number of benzene rings is 2. The number of methoxy groups -OCH3 is 4. The molecule has 10 heteroatoms. The van der Waals surface area contributed by atoms with Gasteiger partial charge in [-0.1, -0.05) is 0 Å². The molecule has 0 saturated heterocycles. The first kappa shape index (κ1) is 19.5. The van der Waals surface area contributed by atoms with Crippen molar-refractivity contribution in [1.29, 1.82) is 0 Å². The van der Waals surface area contributed by atoms with Crippen LogP contribution < -0.4 is 28.4 Å². The molecular formula is C20H18O10. The Morgan fingerprint density at radius 1 is 0.700 bits per heavy atom. The fourth-order valence-corrected chi connectivity index (χ4v) is 3.45. The maximum atomic E-state index is 12.7. The molecule has 30 heavy (non-hydrogen) atoms. The largest absolute Gasteiger partial charge is 0.492 e. The lowest BCUT2D eigenvalue weighted by atomic mass is 9.91. The van der Waals surface area contributed by atoms with E-state index in [4.69, 9.17) is 37.9 Å². The Kier molecular flexibility index (Phi) is 4.90. The summed E-state index contributed by atoms with van der Waals surface area (Å²) in [6, 6.07) is 2.91. The molecule has 0 bridgehead atoms. The summed E-state index contributed by atoms with van der Waals surface area (Å²) in [7, 11) is 5.28. The molecule has 2 aliphatic heterocycles. The summed E-state index contributed by atoms with van der Waals surface area (Å²) in [4.78, 5) is 25.3. The van der Waals surface area contributed by atoms with Crippen molar-refractivity contribution in [1.82, 2.24) is 0 Å². The van der Waals surface area contributed by atoms with Crippen LogP contribution in [-0.4, -0.2) is 54.0 Å². The Bertz CT molecular complexity index is 959. The van der Waals surface area contributed by atoms with Gasteiger partial charge in [-0.2, -0.15) is 0 Å². The first-order valence-corrected chi connectivity index (χ1v) is 8.73. The van der Waals surface area contributed by atoms with Gasteiger partial charge in [0, 0.05) is 11.1 Å². The minimum atomic E-state index is -0.683. The molecule has 0 radical (unpaired) electrons. The summed E-state index contributed by atoms with van der Waals surface area (Å²) in [6.45, 7) is -0.115. The van der Waals surface area contributed by atoms with Crippen LogP contribution in [0.15, 0.2) is 12.1 Å². The van der Waals surface area contributed by atoms with Gasteiger partial charge >= 0.3 is 11.9 Å². The Morgan fingerprint density at radius 3 is 1.43 bits per heavy atom. The molecule has 0 aliphatic carbocycles. The third-order valence-corrected chi connectivity index (χ3v) is 4.71. The van der Waals surface area contributed by atoms with E-state index >= 15 is 0 Å². The molecule has 0 saturated carbocycles. The van der Waals surface area contributed by atoms with Crippen LogP contribution >= 0.6 is 0 Å². The van der Waals surface area contributed by atoms with Gasteiger partial charge in [0.05, 0.1) is 39.6 Å². The summed E-state index contributed by atoms with van der Waals surface area (Å²) in [5.41, 5.74) is 0.537. The lowest BCUT2D eigenvalue weighted by Crippen LogP contribution is -2.10. The highest BCUT2D eigenvalue weighted by Crippen LogP contribution is 2.56. The standard InChI is InChI=1S/C20H18O10/c1-23-17-13(9(19(21)25-3)5-11-15(17)29-7-27-11)14-10(20(22)26-4)6-12-16(18(14)24-2)30-8-28-12/h5-6H,7-8H2,1-4H3. The molecule has 0 spiro atoms. The zero-order chi connectivity index (χ0) is 21.4. The molecule has 0 atom stereocenters. The van der Waals surface area contributed by atoms with Gasteiger partial charge < -0.3 is 37.9 Å². The lowest BCUT2D eigenvalue weighted by molar-refractivity contribution is 0.0589. The van der Waals surface area contributed by atoms with E-state index in [0.29, 0.717) is 11.5 Å². The second kappa shape index (κ2) is 7.54. The van der Waals surface area contributed by atoms with Gasteiger partial charge in [-0.15, -0.1) is 0 Å². The number of fused-ring (bicyclic) bond motifs is 2. The number of carbonyl (C=O) groups is 2. The van der Waals surface area contributed by atoms with Gasteiger partial charge in [0.1, 0.15) is 0 Å². The predicted octanol–water partition coefficient (Wildman–Crippen LogP) is 2.40. The Morgan fingerprint density at radius 2 is 1.10 bits per heavy atom. The van der Waals surface area contributed by atoms with E-state index in [2.05, 4.69) is 0 Å². The highest BCUT2D eigenvalue weighted by Gasteiger charge is 2.36. The summed E-state index contributed by atoms with van der Waals surface area (Å²) in [6.07, 6.45) is 0. The molecule has 2 aliphatic rings. The van der Waals surface area contributed by atoms with Gasteiger partial charge in [0.25, 0.3) is 0 Å². The molecule has 0 fully saturated rings. The van der Waals surface area contributed by atoms with Crippen molar-refractivity contribution >= 4 is 11.9 Å². The highest BCUT2D eigenvalue weighted by atomic mass is 16.7. The normalized spacial score (nSPS) is 13.1. The van der Waals surface area contributed by atoms with Crippen LogP contribution in [0.4, 0.5) is 0 Å². The summed E-state index contributed by atoms with van der Waals surface area (Å²) in [5, 5.41) is 0. The molecule has 2 aromatic rings. The van der Waals surface area contributed by atoms with E-state index < -0.39 is 11.9 Å². The zero-order valence-electron chi connectivity index (χ0n) is 16.7. The fraction of sp³-hybridized carbons (Fsp3) is 0.300. The molecule has 0 unspecified atom stereocenters. The SMILES string of the molecule is COC(=O)c1cc2c(c(OC)c1-c1c(C(=O)OC)cc3c(c1OC)OCO3)OCO2. The number of hydrogen-bond donors (Lipinski definition) is 0. The highest BCUT2D eigenvalue weighted by molar-refractivity contribution is 6.08. The Hall–Kier alpha value is -3.82.